The Labute approximate surface area is 111 Å². The minimum Gasteiger partial charge on any atom is -0.321 e. The highest BCUT2D eigenvalue weighted by Crippen LogP contribution is 2.44. The third kappa shape index (κ3) is 1.69. The molecule has 0 spiro atoms. The molecule has 1 aromatic heterocycles. The van der Waals surface area contributed by atoms with E-state index in [1.807, 2.05) is 11.3 Å². The van der Waals surface area contributed by atoms with Crippen LogP contribution in [0, 0.1) is 0 Å². The fraction of sp³-hybridized carbons (Fsp3) is 0.533. The lowest BCUT2D eigenvalue weighted by molar-refractivity contribution is 0.462. The van der Waals surface area contributed by atoms with E-state index < -0.39 is 0 Å². The van der Waals surface area contributed by atoms with Crippen LogP contribution in [0.5, 0.6) is 0 Å². The Balaban J connectivity index is 1.78. The second-order valence-electron chi connectivity index (χ2n) is 5.87. The number of hydrogen-bond donors (Lipinski definition) is 1. The van der Waals surface area contributed by atoms with Crippen LogP contribution in [0.2, 0.25) is 0 Å². The van der Waals surface area contributed by atoms with Gasteiger partial charge in [0.1, 0.15) is 0 Å². The van der Waals surface area contributed by atoms with Crippen molar-refractivity contribution in [1.82, 2.24) is 4.98 Å². The summed E-state index contributed by atoms with van der Waals surface area (Å²) in [7, 11) is 0. The molecule has 0 amide bonds. The number of nitrogens with two attached hydrogens (primary N) is 1. The molecule has 1 heterocycles. The first-order valence-corrected chi connectivity index (χ1v) is 7.76. The van der Waals surface area contributed by atoms with E-state index in [4.69, 9.17) is 10.7 Å². The zero-order valence-corrected chi connectivity index (χ0v) is 11.3. The van der Waals surface area contributed by atoms with Gasteiger partial charge in [-0.25, -0.2) is 4.98 Å². The van der Waals surface area contributed by atoms with E-state index in [-0.39, 0.29) is 5.54 Å². The average Bonchev–Trinajstić information content (AvgIpc) is 2.99. The summed E-state index contributed by atoms with van der Waals surface area (Å²) in [6, 6.07) is 6.69. The van der Waals surface area contributed by atoms with E-state index in [2.05, 4.69) is 18.2 Å². The van der Waals surface area contributed by atoms with Crippen LogP contribution in [-0.4, -0.2) is 4.98 Å². The Bertz CT molecular complexity index is 592. The maximum atomic E-state index is 6.53. The number of fused-ring (bicyclic) bond motifs is 1. The summed E-state index contributed by atoms with van der Waals surface area (Å²) in [6.45, 7) is 0. The monoisotopic (exact) mass is 258 g/mol. The summed E-state index contributed by atoms with van der Waals surface area (Å²) in [5.74, 6) is 0.754. The number of benzene rings is 1. The Morgan fingerprint density at radius 2 is 2.00 bits per heavy atom. The molecule has 2 saturated carbocycles. The van der Waals surface area contributed by atoms with Gasteiger partial charge >= 0.3 is 0 Å². The average molecular weight is 258 g/mol. The predicted molar refractivity (Wildman–Crippen MR) is 75.9 cm³/mol. The third-order valence-corrected chi connectivity index (χ3v) is 5.60. The molecule has 94 valence electrons. The highest BCUT2D eigenvalue weighted by atomic mass is 32.1. The maximum absolute atomic E-state index is 6.53. The SMILES string of the molecule is NC1(c2ccc3sc(C4CC4)nc3c2)CCCC1. The van der Waals surface area contributed by atoms with Gasteiger partial charge in [0.2, 0.25) is 0 Å². The molecule has 0 unspecified atom stereocenters. The van der Waals surface area contributed by atoms with Crippen LogP contribution in [0.3, 0.4) is 0 Å². The predicted octanol–water partition coefficient (Wildman–Crippen LogP) is 3.90. The van der Waals surface area contributed by atoms with Crippen molar-refractivity contribution < 1.29 is 0 Å². The first kappa shape index (κ1) is 10.9. The Morgan fingerprint density at radius 3 is 2.72 bits per heavy atom. The molecule has 0 aliphatic heterocycles. The quantitative estimate of drug-likeness (QED) is 0.887. The molecule has 0 saturated heterocycles. The van der Waals surface area contributed by atoms with Crippen molar-refractivity contribution in [2.45, 2.75) is 50.0 Å². The first-order valence-electron chi connectivity index (χ1n) is 6.94. The highest BCUT2D eigenvalue weighted by molar-refractivity contribution is 7.18. The summed E-state index contributed by atoms with van der Waals surface area (Å²) in [5, 5.41) is 1.33. The van der Waals surface area contributed by atoms with Crippen LogP contribution in [0.1, 0.15) is 55.0 Å². The van der Waals surface area contributed by atoms with Crippen LogP contribution in [0.25, 0.3) is 10.2 Å². The molecule has 2 fully saturated rings. The number of aromatic nitrogens is 1. The van der Waals surface area contributed by atoms with Gasteiger partial charge in [-0.15, -0.1) is 11.3 Å². The molecule has 1 aromatic carbocycles. The van der Waals surface area contributed by atoms with E-state index in [1.165, 1.54) is 41.0 Å². The summed E-state index contributed by atoms with van der Waals surface area (Å²) in [5.41, 5.74) is 8.90. The smallest absolute Gasteiger partial charge is 0.0969 e. The minimum atomic E-state index is -0.0858. The van der Waals surface area contributed by atoms with E-state index in [0.29, 0.717) is 0 Å². The molecule has 0 bridgehead atoms. The van der Waals surface area contributed by atoms with E-state index in [0.717, 1.165) is 24.3 Å². The maximum Gasteiger partial charge on any atom is 0.0969 e. The molecule has 4 rings (SSSR count). The first-order chi connectivity index (χ1) is 8.74. The van der Waals surface area contributed by atoms with Crippen LogP contribution < -0.4 is 5.73 Å². The molecule has 0 atom stereocenters. The van der Waals surface area contributed by atoms with Gasteiger partial charge in [-0.1, -0.05) is 18.9 Å². The van der Waals surface area contributed by atoms with Gasteiger partial charge in [0, 0.05) is 11.5 Å². The Kier molecular flexibility index (Phi) is 2.30. The van der Waals surface area contributed by atoms with Crippen molar-refractivity contribution in [2.24, 2.45) is 5.73 Å². The second kappa shape index (κ2) is 3.78. The second-order valence-corrected chi connectivity index (χ2v) is 6.93. The van der Waals surface area contributed by atoms with Crippen LogP contribution in [0.15, 0.2) is 18.2 Å². The zero-order chi connectivity index (χ0) is 12.2. The molecular formula is C15H18N2S. The summed E-state index contributed by atoms with van der Waals surface area (Å²) in [4.78, 5) is 4.80. The van der Waals surface area contributed by atoms with Crippen molar-refractivity contribution in [3.63, 3.8) is 0 Å². The lowest BCUT2D eigenvalue weighted by Gasteiger charge is -2.23. The van der Waals surface area contributed by atoms with Crippen molar-refractivity contribution >= 4 is 21.6 Å². The molecule has 3 heteroatoms. The molecule has 2 N–H and O–H groups in total. The number of thiazole rings is 1. The van der Waals surface area contributed by atoms with Crippen LogP contribution in [0.4, 0.5) is 0 Å². The summed E-state index contributed by atoms with van der Waals surface area (Å²) >= 11 is 1.87. The standard InChI is InChI=1S/C15H18N2S/c16-15(7-1-2-8-15)11-5-6-13-12(9-11)17-14(18-13)10-3-4-10/h5-6,9-10H,1-4,7-8,16H2. The lowest BCUT2D eigenvalue weighted by atomic mass is 9.89. The van der Waals surface area contributed by atoms with Gasteiger partial charge in [0.25, 0.3) is 0 Å². The fourth-order valence-corrected chi connectivity index (χ4v) is 4.17. The minimum absolute atomic E-state index is 0.0858. The van der Waals surface area contributed by atoms with Gasteiger partial charge < -0.3 is 5.73 Å². The summed E-state index contributed by atoms with van der Waals surface area (Å²) < 4.78 is 1.32. The molecule has 2 aromatic rings. The Hall–Kier alpha value is -0.930. The highest BCUT2D eigenvalue weighted by Gasteiger charge is 2.32. The van der Waals surface area contributed by atoms with Crippen molar-refractivity contribution in [1.29, 1.82) is 0 Å². The van der Waals surface area contributed by atoms with Gasteiger partial charge in [0.05, 0.1) is 15.2 Å². The van der Waals surface area contributed by atoms with E-state index >= 15 is 0 Å². The van der Waals surface area contributed by atoms with E-state index in [9.17, 15) is 0 Å². The van der Waals surface area contributed by atoms with Crippen molar-refractivity contribution in [2.75, 3.05) is 0 Å². The van der Waals surface area contributed by atoms with Gasteiger partial charge in [-0.2, -0.15) is 0 Å². The molecule has 2 aliphatic carbocycles. The molecule has 2 nitrogen and oxygen atoms in total. The number of nitrogens with zero attached hydrogens (tertiary/aromatic N) is 1. The van der Waals surface area contributed by atoms with Gasteiger partial charge in [-0.3, -0.25) is 0 Å². The van der Waals surface area contributed by atoms with Crippen LogP contribution in [-0.2, 0) is 5.54 Å². The number of hydrogen-bond acceptors (Lipinski definition) is 3. The zero-order valence-electron chi connectivity index (χ0n) is 10.5. The topological polar surface area (TPSA) is 38.9 Å². The molecular weight excluding hydrogens is 240 g/mol. The molecule has 18 heavy (non-hydrogen) atoms. The number of rotatable bonds is 2. The lowest BCUT2D eigenvalue weighted by Crippen LogP contribution is -2.32. The fourth-order valence-electron chi connectivity index (χ4n) is 3.05. The van der Waals surface area contributed by atoms with Crippen molar-refractivity contribution in [3.8, 4) is 0 Å². The third-order valence-electron chi connectivity index (χ3n) is 4.40. The largest absolute Gasteiger partial charge is 0.321 e. The van der Waals surface area contributed by atoms with Crippen molar-refractivity contribution in [3.05, 3.63) is 28.8 Å². The molecule has 2 aliphatic rings. The molecule has 0 radical (unpaired) electrons. The Morgan fingerprint density at radius 1 is 1.22 bits per heavy atom. The van der Waals surface area contributed by atoms with Gasteiger partial charge in [0.15, 0.2) is 0 Å². The van der Waals surface area contributed by atoms with Gasteiger partial charge in [-0.05, 0) is 43.4 Å². The summed E-state index contributed by atoms with van der Waals surface area (Å²) in [6.07, 6.45) is 7.43. The normalized spacial score (nSPS) is 22.7. The van der Waals surface area contributed by atoms with Crippen LogP contribution >= 0.6 is 11.3 Å². The van der Waals surface area contributed by atoms with E-state index in [1.54, 1.807) is 0 Å².